The maximum absolute atomic E-state index is 14.1. The van der Waals surface area contributed by atoms with Gasteiger partial charge in [-0.1, -0.05) is 28.9 Å². The molecular weight excluding hydrogens is 411 g/mol. The van der Waals surface area contributed by atoms with Gasteiger partial charge in [0.05, 0.1) is 10.5 Å². The number of hydrogen-bond acceptors (Lipinski definition) is 1. The SMILES string of the molecule is CCNC(c1ccc(Br)cc1F)c1cc(F)c(Br)cc1F. The summed E-state index contributed by atoms with van der Waals surface area (Å²) in [6, 6.07) is 5.88. The predicted molar refractivity (Wildman–Crippen MR) is 83.7 cm³/mol. The maximum atomic E-state index is 14.1. The molecule has 0 bridgehead atoms. The van der Waals surface area contributed by atoms with Crippen LogP contribution in [-0.4, -0.2) is 6.54 Å². The van der Waals surface area contributed by atoms with Crippen molar-refractivity contribution in [3.63, 3.8) is 0 Å². The van der Waals surface area contributed by atoms with Gasteiger partial charge in [0.15, 0.2) is 0 Å². The van der Waals surface area contributed by atoms with Gasteiger partial charge in [0.2, 0.25) is 0 Å². The first-order valence-electron chi connectivity index (χ1n) is 6.26. The van der Waals surface area contributed by atoms with Crippen LogP contribution in [0, 0.1) is 17.5 Å². The van der Waals surface area contributed by atoms with E-state index in [1.165, 1.54) is 6.07 Å². The molecule has 0 aliphatic rings. The van der Waals surface area contributed by atoms with Gasteiger partial charge in [-0.3, -0.25) is 0 Å². The van der Waals surface area contributed by atoms with Crippen molar-refractivity contribution in [1.29, 1.82) is 0 Å². The molecule has 1 atom stereocenters. The minimum absolute atomic E-state index is 0.0373. The van der Waals surface area contributed by atoms with Crippen LogP contribution in [0.1, 0.15) is 24.1 Å². The third-order valence-corrected chi connectivity index (χ3v) is 4.13. The standard InChI is InChI=1S/C15H12Br2F3N/c1-2-21-15(9-4-3-8(16)5-12(9)18)10-6-14(20)11(17)7-13(10)19/h3-7,15,21H,2H2,1H3. The van der Waals surface area contributed by atoms with Crippen LogP contribution in [0.2, 0.25) is 0 Å². The highest BCUT2D eigenvalue weighted by Crippen LogP contribution is 2.30. The minimum atomic E-state index is -0.759. The van der Waals surface area contributed by atoms with Gasteiger partial charge in [-0.15, -0.1) is 0 Å². The molecule has 0 aliphatic heterocycles. The quantitative estimate of drug-likeness (QED) is 0.656. The molecule has 0 aliphatic carbocycles. The molecule has 2 aromatic rings. The third-order valence-electron chi connectivity index (χ3n) is 3.03. The van der Waals surface area contributed by atoms with E-state index in [1.54, 1.807) is 12.1 Å². The molecule has 0 saturated heterocycles. The molecule has 0 heterocycles. The Bertz CT molecular complexity index is 662. The smallest absolute Gasteiger partial charge is 0.137 e. The van der Waals surface area contributed by atoms with Crippen molar-refractivity contribution in [2.24, 2.45) is 0 Å². The van der Waals surface area contributed by atoms with Gasteiger partial charge >= 0.3 is 0 Å². The lowest BCUT2D eigenvalue weighted by Gasteiger charge is -2.20. The Hall–Kier alpha value is -0.850. The fourth-order valence-corrected chi connectivity index (χ4v) is 2.73. The molecule has 0 fully saturated rings. The van der Waals surface area contributed by atoms with Crippen LogP contribution in [0.3, 0.4) is 0 Å². The average molecular weight is 423 g/mol. The minimum Gasteiger partial charge on any atom is -0.306 e. The van der Waals surface area contributed by atoms with Crippen LogP contribution < -0.4 is 5.32 Å². The molecule has 0 radical (unpaired) electrons. The van der Waals surface area contributed by atoms with Gasteiger partial charge in [0.25, 0.3) is 0 Å². The van der Waals surface area contributed by atoms with Crippen LogP contribution in [0.25, 0.3) is 0 Å². The Labute approximate surface area is 137 Å². The zero-order chi connectivity index (χ0) is 15.6. The van der Waals surface area contributed by atoms with E-state index in [2.05, 4.69) is 37.2 Å². The summed E-state index contributed by atoms with van der Waals surface area (Å²) in [4.78, 5) is 0. The summed E-state index contributed by atoms with van der Waals surface area (Å²) in [6.45, 7) is 2.30. The van der Waals surface area contributed by atoms with Crippen molar-refractivity contribution in [3.05, 3.63) is 67.9 Å². The van der Waals surface area contributed by atoms with Gasteiger partial charge in [0.1, 0.15) is 17.5 Å². The van der Waals surface area contributed by atoms with E-state index in [9.17, 15) is 13.2 Å². The van der Waals surface area contributed by atoms with Gasteiger partial charge < -0.3 is 5.32 Å². The lowest BCUT2D eigenvalue weighted by Crippen LogP contribution is -2.24. The zero-order valence-electron chi connectivity index (χ0n) is 11.1. The molecule has 2 rings (SSSR count). The first kappa shape index (κ1) is 16.5. The number of nitrogens with one attached hydrogen (secondary N) is 1. The Morgan fingerprint density at radius 2 is 1.62 bits per heavy atom. The second-order valence-electron chi connectivity index (χ2n) is 4.44. The van der Waals surface area contributed by atoms with E-state index in [0.717, 1.165) is 12.1 Å². The van der Waals surface area contributed by atoms with Crippen molar-refractivity contribution in [3.8, 4) is 0 Å². The van der Waals surface area contributed by atoms with Gasteiger partial charge in [0, 0.05) is 15.6 Å². The number of benzene rings is 2. The van der Waals surface area contributed by atoms with Crippen molar-refractivity contribution in [2.45, 2.75) is 13.0 Å². The summed E-state index contributed by atoms with van der Waals surface area (Å²) in [5, 5.41) is 2.99. The summed E-state index contributed by atoms with van der Waals surface area (Å²) >= 11 is 6.11. The van der Waals surface area contributed by atoms with E-state index in [-0.39, 0.29) is 15.6 Å². The highest BCUT2D eigenvalue weighted by Gasteiger charge is 2.22. The molecular formula is C15H12Br2F3N. The van der Waals surface area contributed by atoms with E-state index in [0.29, 0.717) is 11.0 Å². The first-order valence-corrected chi connectivity index (χ1v) is 7.85. The number of halogens is 5. The lowest BCUT2D eigenvalue weighted by molar-refractivity contribution is 0.521. The van der Waals surface area contributed by atoms with Crippen LogP contribution >= 0.6 is 31.9 Å². The van der Waals surface area contributed by atoms with Crippen molar-refractivity contribution < 1.29 is 13.2 Å². The summed E-state index contributed by atoms with van der Waals surface area (Å²) < 4.78 is 42.6. The largest absolute Gasteiger partial charge is 0.306 e. The summed E-state index contributed by atoms with van der Waals surface area (Å²) in [5.41, 5.74) is 0.333. The van der Waals surface area contributed by atoms with Gasteiger partial charge in [-0.05, 0) is 46.7 Å². The Morgan fingerprint density at radius 3 is 2.24 bits per heavy atom. The van der Waals surface area contributed by atoms with Crippen molar-refractivity contribution >= 4 is 31.9 Å². The lowest BCUT2D eigenvalue weighted by atomic mass is 9.97. The summed E-state index contributed by atoms with van der Waals surface area (Å²) in [7, 11) is 0. The molecule has 2 aromatic carbocycles. The zero-order valence-corrected chi connectivity index (χ0v) is 14.2. The highest BCUT2D eigenvalue weighted by atomic mass is 79.9. The van der Waals surface area contributed by atoms with E-state index >= 15 is 0 Å². The molecule has 1 unspecified atom stereocenters. The molecule has 1 nitrogen and oxygen atoms in total. The van der Waals surface area contributed by atoms with Crippen LogP contribution in [-0.2, 0) is 0 Å². The summed E-state index contributed by atoms with van der Waals surface area (Å²) in [5.74, 6) is -1.68. The van der Waals surface area contributed by atoms with Crippen molar-refractivity contribution in [2.75, 3.05) is 6.54 Å². The fraction of sp³-hybridized carbons (Fsp3) is 0.200. The van der Waals surface area contributed by atoms with Gasteiger partial charge in [-0.2, -0.15) is 0 Å². The molecule has 6 heteroatoms. The van der Waals surface area contributed by atoms with Crippen LogP contribution in [0.4, 0.5) is 13.2 Å². The third kappa shape index (κ3) is 3.67. The molecule has 0 saturated carbocycles. The second kappa shape index (κ2) is 6.94. The predicted octanol–water partition coefficient (Wildman–Crippen LogP) is 5.33. The Morgan fingerprint density at radius 1 is 0.952 bits per heavy atom. The fourth-order valence-electron chi connectivity index (χ4n) is 2.09. The van der Waals surface area contributed by atoms with Crippen molar-refractivity contribution in [1.82, 2.24) is 5.32 Å². The Kier molecular flexibility index (Phi) is 5.46. The number of hydrogen-bond donors (Lipinski definition) is 1. The molecule has 21 heavy (non-hydrogen) atoms. The van der Waals surface area contributed by atoms with E-state index in [1.807, 2.05) is 6.92 Å². The Balaban J connectivity index is 2.55. The number of rotatable bonds is 4. The molecule has 0 spiro atoms. The molecule has 112 valence electrons. The monoisotopic (exact) mass is 421 g/mol. The van der Waals surface area contributed by atoms with Crippen LogP contribution in [0.15, 0.2) is 39.3 Å². The van der Waals surface area contributed by atoms with E-state index < -0.39 is 23.5 Å². The molecule has 0 amide bonds. The molecule has 1 N–H and O–H groups in total. The summed E-state index contributed by atoms with van der Waals surface area (Å²) in [6.07, 6.45) is 0. The normalized spacial score (nSPS) is 12.5. The molecule has 0 aromatic heterocycles. The highest BCUT2D eigenvalue weighted by molar-refractivity contribution is 9.10. The van der Waals surface area contributed by atoms with Crippen LogP contribution in [0.5, 0.6) is 0 Å². The topological polar surface area (TPSA) is 12.0 Å². The first-order chi connectivity index (χ1) is 9.93. The van der Waals surface area contributed by atoms with Gasteiger partial charge in [-0.25, -0.2) is 13.2 Å². The van der Waals surface area contributed by atoms with E-state index in [4.69, 9.17) is 0 Å². The second-order valence-corrected chi connectivity index (χ2v) is 6.21. The average Bonchev–Trinajstić information content (AvgIpc) is 2.41. The maximum Gasteiger partial charge on any atom is 0.137 e.